The Kier molecular flexibility index (Phi) is 7.40. The van der Waals surface area contributed by atoms with E-state index in [-0.39, 0.29) is 34.5 Å². The number of amides is 2. The molecule has 5 fully saturated rings. The molecule has 256 valence electrons. The summed E-state index contributed by atoms with van der Waals surface area (Å²) in [6.45, 7) is 7.39. The van der Waals surface area contributed by atoms with Crippen molar-refractivity contribution in [3.63, 3.8) is 0 Å². The van der Waals surface area contributed by atoms with Crippen molar-refractivity contribution in [3.05, 3.63) is 65.5 Å². The number of carbonyl (C=O) groups excluding carboxylic acids is 2. The van der Waals surface area contributed by atoms with Crippen LogP contribution in [-0.4, -0.2) is 97.4 Å². The molecule has 3 aromatic heterocycles. The lowest BCUT2D eigenvalue weighted by Crippen LogP contribution is -2.66. The van der Waals surface area contributed by atoms with Gasteiger partial charge >= 0.3 is 0 Å². The van der Waals surface area contributed by atoms with Crippen molar-refractivity contribution in [2.24, 2.45) is 17.9 Å². The molecule has 3 N–H and O–H groups in total. The number of pyridine rings is 2. The van der Waals surface area contributed by atoms with Crippen LogP contribution >= 0.6 is 0 Å². The number of rotatable bonds is 9. The highest BCUT2D eigenvalue weighted by molar-refractivity contribution is 6.12. The van der Waals surface area contributed by atoms with Crippen LogP contribution in [0.2, 0.25) is 0 Å². The normalized spacial score (nSPS) is 27.8. The van der Waals surface area contributed by atoms with Crippen LogP contribution in [0.1, 0.15) is 69.5 Å². The van der Waals surface area contributed by atoms with Crippen molar-refractivity contribution in [1.29, 1.82) is 5.41 Å². The van der Waals surface area contributed by atoms with Gasteiger partial charge in [0, 0.05) is 56.5 Å². The topological polar surface area (TPSA) is 159 Å². The number of aromatic nitrogens is 5. The Labute approximate surface area is 286 Å². The van der Waals surface area contributed by atoms with Gasteiger partial charge in [0.15, 0.2) is 5.82 Å². The number of ether oxygens (including phenoxy) is 1. The van der Waals surface area contributed by atoms with Crippen LogP contribution in [0.3, 0.4) is 0 Å². The molecular weight excluding hydrogens is 620 g/mol. The van der Waals surface area contributed by atoms with E-state index in [1.54, 1.807) is 46.4 Å². The Morgan fingerprint density at radius 3 is 2.51 bits per heavy atom. The Bertz CT molecular complexity index is 1850. The van der Waals surface area contributed by atoms with Gasteiger partial charge in [-0.3, -0.25) is 29.5 Å². The minimum atomic E-state index is -0.537. The highest BCUT2D eigenvalue weighted by atomic mass is 16.5. The molecule has 6 aliphatic rings. The smallest absolute Gasteiger partial charge is 0.237 e. The van der Waals surface area contributed by atoms with Crippen LogP contribution in [-0.2, 0) is 22.1 Å². The van der Waals surface area contributed by atoms with E-state index in [4.69, 9.17) is 20.9 Å². The molecule has 3 aromatic rings. The quantitative estimate of drug-likeness (QED) is 0.259. The second-order valence-corrected chi connectivity index (χ2v) is 15.1. The first-order valence-corrected chi connectivity index (χ1v) is 17.3. The van der Waals surface area contributed by atoms with Gasteiger partial charge in [-0.2, -0.15) is 5.10 Å². The molecule has 0 unspecified atom stereocenters. The van der Waals surface area contributed by atoms with Gasteiger partial charge in [-0.15, -0.1) is 0 Å². The van der Waals surface area contributed by atoms with E-state index >= 15 is 0 Å². The van der Waals surface area contributed by atoms with Gasteiger partial charge in [-0.25, -0.2) is 15.0 Å². The number of hydrogen-bond donors (Lipinski definition) is 2. The number of nitrogens with one attached hydrogen (secondary N) is 1. The predicted octanol–water partition coefficient (Wildman–Crippen LogP) is 3.10. The Balaban J connectivity index is 0.865. The third kappa shape index (κ3) is 5.29. The monoisotopic (exact) mass is 664 g/mol. The lowest BCUT2D eigenvalue weighted by molar-refractivity contribution is -0.134. The largest absolute Gasteiger partial charge is 0.475 e. The van der Waals surface area contributed by atoms with E-state index < -0.39 is 5.41 Å². The fraction of sp³-hybridized carbons (Fsp3) is 0.528. The summed E-state index contributed by atoms with van der Waals surface area (Å²) in [5, 5.41) is 13.4. The lowest BCUT2D eigenvalue weighted by Gasteiger charge is -2.71. The summed E-state index contributed by atoms with van der Waals surface area (Å²) >= 11 is 0. The number of hydrogen-bond acceptors (Lipinski definition) is 10. The first kappa shape index (κ1) is 31.6. The summed E-state index contributed by atoms with van der Waals surface area (Å²) in [7, 11) is 1.92. The van der Waals surface area contributed by atoms with E-state index in [1.807, 2.05) is 25.8 Å². The molecule has 1 spiro atoms. The summed E-state index contributed by atoms with van der Waals surface area (Å²) in [4.78, 5) is 46.7. The zero-order valence-corrected chi connectivity index (χ0v) is 28.5. The van der Waals surface area contributed by atoms with Crippen LogP contribution in [0.15, 0.2) is 48.4 Å². The van der Waals surface area contributed by atoms with Crippen molar-refractivity contribution in [3.8, 4) is 5.88 Å². The highest BCUT2D eigenvalue weighted by Gasteiger charge is 2.71. The molecular formula is C36H44N10O3. The van der Waals surface area contributed by atoms with Crippen molar-refractivity contribution >= 4 is 29.0 Å². The van der Waals surface area contributed by atoms with E-state index in [2.05, 4.69) is 26.0 Å². The highest BCUT2D eigenvalue weighted by Crippen LogP contribution is 2.76. The second kappa shape index (κ2) is 11.5. The first-order valence-electron chi connectivity index (χ1n) is 17.3. The lowest BCUT2D eigenvalue weighted by atomic mass is 9.32. The molecule has 2 amide bonds. The SMILES string of the molecule is CC(C)Oc1ccc(C(=N)c2nc(N3CC[C@]4(CCN(CC(=O)N5CC=C(C67CC(c8ncn(C)n8)(C6)C7)CC5)C4)C3=O)ccc2N)cn1. The van der Waals surface area contributed by atoms with Crippen molar-refractivity contribution in [1.82, 2.24) is 34.5 Å². The van der Waals surface area contributed by atoms with Gasteiger partial charge in [0.2, 0.25) is 17.7 Å². The molecule has 13 nitrogen and oxygen atoms in total. The average Bonchev–Trinajstić information content (AvgIpc) is 3.75. The Morgan fingerprint density at radius 2 is 1.84 bits per heavy atom. The van der Waals surface area contributed by atoms with Gasteiger partial charge in [-0.05, 0) is 82.5 Å². The molecule has 0 aromatic carbocycles. The maximum Gasteiger partial charge on any atom is 0.237 e. The summed E-state index contributed by atoms with van der Waals surface area (Å²) < 4.78 is 7.41. The Morgan fingerprint density at radius 1 is 1.04 bits per heavy atom. The fourth-order valence-electron chi connectivity index (χ4n) is 8.91. The van der Waals surface area contributed by atoms with E-state index in [0.717, 1.165) is 38.1 Å². The number of nitrogens with two attached hydrogens (primary N) is 1. The predicted molar refractivity (Wildman–Crippen MR) is 183 cm³/mol. The maximum absolute atomic E-state index is 13.9. The average molecular weight is 665 g/mol. The van der Waals surface area contributed by atoms with Crippen LogP contribution < -0.4 is 15.4 Å². The third-order valence-electron chi connectivity index (χ3n) is 11.5. The molecule has 0 radical (unpaired) electrons. The van der Waals surface area contributed by atoms with Crippen LogP contribution in [0.4, 0.5) is 11.5 Å². The second-order valence-electron chi connectivity index (χ2n) is 15.1. The number of nitrogens with zero attached hydrogens (tertiary/aromatic N) is 8. The van der Waals surface area contributed by atoms with Crippen molar-refractivity contribution in [2.45, 2.75) is 63.9 Å². The standard InChI is InChI=1S/C36H44N10O3/c1-23(2)49-28-7-4-24(16-39-28)30(38)31-26(37)5-6-27(41-31)46-15-11-34(33(46)48)10-14-44(21-34)17-29(47)45-12-8-25(9-13-45)35-18-36(19-35,20-35)32-40-22-43(3)42-32/h4-8,16,22-23,38H,9-15,17-21,37H2,1-3H3/t34-,35?,36?/m0/s1. The zero-order chi connectivity index (χ0) is 34.1. The van der Waals surface area contributed by atoms with Crippen LogP contribution in [0.5, 0.6) is 5.88 Å². The fourth-order valence-corrected chi connectivity index (χ4v) is 8.91. The molecule has 1 atom stereocenters. The number of likely N-dealkylation sites (tertiary alicyclic amines) is 1. The van der Waals surface area contributed by atoms with Gasteiger partial charge in [0.1, 0.15) is 17.8 Å². The van der Waals surface area contributed by atoms with Gasteiger partial charge in [-0.1, -0.05) is 11.6 Å². The summed E-state index contributed by atoms with van der Waals surface area (Å²) in [5.41, 5.74) is 9.03. The maximum atomic E-state index is 13.9. The molecule has 2 bridgehead atoms. The minimum absolute atomic E-state index is 0.00560. The molecule has 6 heterocycles. The van der Waals surface area contributed by atoms with Crippen molar-refractivity contribution < 1.29 is 14.3 Å². The summed E-state index contributed by atoms with van der Waals surface area (Å²) in [6.07, 6.45) is 11.4. The zero-order valence-electron chi connectivity index (χ0n) is 28.5. The van der Waals surface area contributed by atoms with Crippen LogP contribution in [0, 0.1) is 16.2 Å². The third-order valence-corrected chi connectivity index (χ3v) is 11.5. The summed E-state index contributed by atoms with van der Waals surface area (Å²) in [5.74, 6) is 2.11. The van der Waals surface area contributed by atoms with Crippen molar-refractivity contribution in [2.75, 3.05) is 49.9 Å². The van der Waals surface area contributed by atoms with Gasteiger partial charge in [0.05, 0.1) is 29.5 Å². The van der Waals surface area contributed by atoms with Gasteiger partial charge < -0.3 is 15.4 Å². The number of anilines is 2. The van der Waals surface area contributed by atoms with E-state index in [1.165, 1.54) is 5.57 Å². The van der Waals surface area contributed by atoms with E-state index in [0.29, 0.717) is 74.2 Å². The van der Waals surface area contributed by atoms with E-state index in [9.17, 15) is 9.59 Å². The van der Waals surface area contributed by atoms with Gasteiger partial charge in [0.25, 0.3) is 0 Å². The molecule has 3 aliphatic carbocycles. The summed E-state index contributed by atoms with van der Waals surface area (Å²) in [6, 6.07) is 6.94. The number of carbonyl (C=O) groups is 2. The number of nitrogen functional groups attached to an aromatic ring is 1. The minimum Gasteiger partial charge on any atom is -0.475 e. The number of aryl methyl sites for hydroxylation is 1. The Hall–Kier alpha value is -4.65. The molecule has 3 saturated carbocycles. The molecule has 9 rings (SSSR count). The first-order chi connectivity index (χ1) is 23.5. The molecule has 2 saturated heterocycles. The van der Waals surface area contributed by atoms with Crippen LogP contribution in [0.25, 0.3) is 0 Å². The molecule has 13 heteroatoms. The molecule has 3 aliphatic heterocycles. The molecule has 49 heavy (non-hydrogen) atoms.